The van der Waals surface area contributed by atoms with Gasteiger partial charge in [-0.1, -0.05) is 232 Å². The minimum absolute atomic E-state index is 0.154. The zero-order chi connectivity index (χ0) is 60.5. The van der Waals surface area contributed by atoms with Gasteiger partial charge < -0.3 is 9.80 Å². The third-order valence-electron chi connectivity index (χ3n) is 18.2. The molecule has 432 valence electrons. The van der Waals surface area contributed by atoms with E-state index in [0.717, 1.165) is 55.9 Å². The zero-order valence-electron chi connectivity index (χ0n) is 51.1. The van der Waals surface area contributed by atoms with Crippen LogP contribution in [0.25, 0.3) is 66.8 Å². The smallest absolute Gasteiger partial charge is 0.0540 e. The van der Waals surface area contributed by atoms with E-state index in [0.29, 0.717) is 0 Å². The molecule has 1 saturated carbocycles. The van der Waals surface area contributed by atoms with E-state index < -0.39 is 0 Å². The van der Waals surface area contributed by atoms with Crippen LogP contribution in [-0.2, 0) is 5.41 Å². The lowest BCUT2D eigenvalue weighted by Gasteiger charge is -2.39. The number of hydrogen-bond acceptors (Lipinski definition) is 2. The Morgan fingerprint density at radius 2 is 0.591 bits per heavy atom. The molecule has 12 aromatic carbocycles. The molecule has 0 N–H and O–H groups in total. The summed E-state index contributed by atoms with van der Waals surface area (Å²) in [4.78, 5) is 4.92. The second-order valence-corrected chi connectivity index (χ2v) is 26.1. The maximum atomic E-state index is 3.64. The molecule has 0 heterocycles. The Morgan fingerprint density at radius 1 is 0.284 bits per heavy atom. The van der Waals surface area contributed by atoms with Gasteiger partial charge >= 0.3 is 0 Å². The first-order valence-electron chi connectivity index (χ1n) is 31.0. The molecule has 0 aliphatic heterocycles. The topological polar surface area (TPSA) is 6.48 Å². The van der Waals surface area contributed by atoms with Crippen molar-refractivity contribution in [3.63, 3.8) is 0 Å². The molecule has 13 rings (SSSR count). The summed E-state index contributed by atoms with van der Waals surface area (Å²) in [5.74, 6) is 0. The summed E-state index contributed by atoms with van der Waals surface area (Å²) >= 11 is 7.29. The van der Waals surface area contributed by atoms with E-state index in [9.17, 15) is 0 Å². The minimum atomic E-state index is -0.154. The molecular weight excluding hydrogens is 1200 g/mol. The van der Waals surface area contributed by atoms with Gasteiger partial charge in [-0.2, -0.15) is 0 Å². The van der Waals surface area contributed by atoms with E-state index in [1.807, 2.05) is 0 Å². The SMILES string of the molecule is Cc1cc(C)c(-c2cccc(-c3ccccc3N(c3ccc(-c4ccc(Br)cc4)cc3)c3ccc(C4(c5ccc(N(c6ccc(-c7ccc(Br)cc7)cc6)c6ccccc6-c6cccc(-c7c(C)cc(C)cc7C)c6)cc5)CCCCC4)cc3)c2)c(C)c1. The molecule has 0 atom stereocenters. The Hall–Kier alpha value is -8.80. The van der Waals surface area contributed by atoms with Crippen molar-refractivity contribution in [1.82, 2.24) is 0 Å². The standard InChI is InChI=1S/C84H72Br2N2/c1-56-50-58(3)82(59(4)51-56)68-18-14-16-66(54-68)78-20-8-10-22-80(78)87(74-40-28-64(29-41-74)62-24-36-72(85)37-25-62)76-44-32-70(33-45-76)84(48-12-7-13-49-84)71-34-46-77(47-35-71)88(75-42-30-65(31-43-75)63-26-38-73(86)39-27-63)81-23-11-9-21-79(81)67-17-15-19-69(55-67)83-60(5)52-57(2)53-61(83)6/h8-11,14-47,50-55H,7,12-13,48-49H2,1-6H3. The van der Waals surface area contributed by atoms with Gasteiger partial charge in [0.1, 0.15) is 0 Å². The number of hydrogen-bond donors (Lipinski definition) is 0. The van der Waals surface area contributed by atoms with Crippen LogP contribution in [0.15, 0.2) is 276 Å². The summed E-state index contributed by atoms with van der Waals surface area (Å²) in [6, 6.07) is 99.9. The normalized spacial score (nSPS) is 12.9. The number of benzene rings is 12. The fourth-order valence-corrected chi connectivity index (χ4v) is 14.8. The predicted molar refractivity (Wildman–Crippen MR) is 383 cm³/mol. The Balaban J connectivity index is 0.891. The molecular formula is C84H72Br2N2. The van der Waals surface area contributed by atoms with Crippen molar-refractivity contribution in [2.75, 3.05) is 9.80 Å². The van der Waals surface area contributed by atoms with Gasteiger partial charge in [-0.25, -0.2) is 0 Å². The third-order valence-corrected chi connectivity index (χ3v) is 19.3. The number of para-hydroxylation sites is 2. The molecule has 0 aromatic heterocycles. The van der Waals surface area contributed by atoms with Crippen molar-refractivity contribution in [2.24, 2.45) is 0 Å². The summed E-state index contributed by atoms with van der Waals surface area (Å²) in [6.45, 7) is 13.3. The van der Waals surface area contributed by atoms with E-state index >= 15 is 0 Å². The van der Waals surface area contributed by atoms with Crippen molar-refractivity contribution < 1.29 is 0 Å². The fourth-order valence-electron chi connectivity index (χ4n) is 14.3. The van der Waals surface area contributed by atoms with Gasteiger partial charge in [-0.15, -0.1) is 0 Å². The van der Waals surface area contributed by atoms with Crippen molar-refractivity contribution in [3.05, 3.63) is 320 Å². The molecule has 2 nitrogen and oxygen atoms in total. The number of halogens is 2. The molecule has 1 aliphatic carbocycles. The molecule has 88 heavy (non-hydrogen) atoms. The lowest BCUT2D eigenvalue weighted by atomic mass is 9.65. The molecule has 0 unspecified atom stereocenters. The van der Waals surface area contributed by atoms with Gasteiger partial charge in [-0.05, 0) is 240 Å². The fraction of sp³-hybridized carbons (Fsp3) is 0.143. The van der Waals surface area contributed by atoms with Gasteiger partial charge in [-0.3, -0.25) is 0 Å². The first-order chi connectivity index (χ1) is 42.9. The molecule has 0 amide bonds. The zero-order valence-corrected chi connectivity index (χ0v) is 54.3. The Morgan fingerprint density at radius 3 is 0.943 bits per heavy atom. The second kappa shape index (κ2) is 25.1. The van der Waals surface area contributed by atoms with Crippen LogP contribution in [0.2, 0.25) is 0 Å². The highest BCUT2D eigenvalue weighted by Crippen LogP contribution is 2.50. The van der Waals surface area contributed by atoms with Crippen LogP contribution in [0.4, 0.5) is 34.1 Å². The van der Waals surface area contributed by atoms with Crippen LogP contribution in [0.3, 0.4) is 0 Å². The Labute approximate surface area is 538 Å². The molecule has 0 spiro atoms. The van der Waals surface area contributed by atoms with Crippen LogP contribution in [0, 0.1) is 41.5 Å². The van der Waals surface area contributed by atoms with Crippen molar-refractivity contribution in [1.29, 1.82) is 0 Å². The summed E-state index contributed by atoms with van der Waals surface area (Å²) in [5.41, 5.74) is 31.5. The predicted octanol–water partition coefficient (Wildman–Crippen LogP) is 25.3. The lowest BCUT2D eigenvalue weighted by Crippen LogP contribution is -2.30. The number of rotatable bonds is 14. The van der Waals surface area contributed by atoms with E-state index in [4.69, 9.17) is 0 Å². The largest absolute Gasteiger partial charge is 0.310 e. The second-order valence-electron chi connectivity index (χ2n) is 24.3. The van der Waals surface area contributed by atoms with E-state index in [1.165, 1.54) is 131 Å². The molecule has 1 aliphatic rings. The summed E-state index contributed by atoms with van der Waals surface area (Å²) in [5, 5.41) is 0. The maximum Gasteiger partial charge on any atom is 0.0540 e. The maximum absolute atomic E-state index is 3.64. The van der Waals surface area contributed by atoms with Crippen LogP contribution >= 0.6 is 31.9 Å². The van der Waals surface area contributed by atoms with Gasteiger partial charge in [0.05, 0.1) is 11.4 Å². The average Bonchev–Trinajstić information content (AvgIpc) is 2.61. The van der Waals surface area contributed by atoms with Crippen LogP contribution < -0.4 is 9.80 Å². The van der Waals surface area contributed by atoms with E-state index in [1.54, 1.807) is 0 Å². The first kappa shape index (κ1) is 58.2. The van der Waals surface area contributed by atoms with Gasteiger partial charge in [0, 0.05) is 48.2 Å². The summed E-state index contributed by atoms with van der Waals surface area (Å²) < 4.78 is 2.15. The van der Waals surface area contributed by atoms with Crippen molar-refractivity contribution in [2.45, 2.75) is 79.1 Å². The Bertz CT molecular complexity index is 4130. The highest BCUT2D eigenvalue weighted by atomic mass is 79.9. The Kier molecular flexibility index (Phi) is 16.6. The van der Waals surface area contributed by atoms with Crippen molar-refractivity contribution >= 4 is 66.0 Å². The van der Waals surface area contributed by atoms with Crippen LogP contribution in [0.5, 0.6) is 0 Å². The number of aryl methyl sites for hydroxylation is 6. The molecule has 1 fully saturated rings. The number of anilines is 6. The van der Waals surface area contributed by atoms with Gasteiger partial charge in [0.25, 0.3) is 0 Å². The molecule has 4 heteroatoms. The quantitative estimate of drug-likeness (QED) is 0.107. The van der Waals surface area contributed by atoms with E-state index in [-0.39, 0.29) is 5.41 Å². The molecule has 0 radical (unpaired) electrons. The minimum Gasteiger partial charge on any atom is -0.310 e. The van der Waals surface area contributed by atoms with Crippen LogP contribution in [-0.4, -0.2) is 0 Å². The molecule has 0 bridgehead atoms. The highest BCUT2D eigenvalue weighted by molar-refractivity contribution is 9.10. The van der Waals surface area contributed by atoms with Crippen molar-refractivity contribution in [3.8, 4) is 66.8 Å². The molecule has 0 saturated heterocycles. The summed E-state index contributed by atoms with van der Waals surface area (Å²) in [6.07, 6.45) is 5.78. The van der Waals surface area contributed by atoms with E-state index in [2.05, 4.69) is 350 Å². The first-order valence-corrected chi connectivity index (χ1v) is 32.5. The lowest BCUT2D eigenvalue weighted by molar-refractivity contribution is 0.346. The van der Waals surface area contributed by atoms with Gasteiger partial charge in [0.15, 0.2) is 0 Å². The highest BCUT2D eigenvalue weighted by Gasteiger charge is 2.36. The number of nitrogens with zero attached hydrogens (tertiary/aromatic N) is 2. The molecule has 12 aromatic rings. The average molecular weight is 1270 g/mol. The van der Waals surface area contributed by atoms with Gasteiger partial charge in [0.2, 0.25) is 0 Å². The summed E-state index contributed by atoms with van der Waals surface area (Å²) in [7, 11) is 0. The van der Waals surface area contributed by atoms with Crippen LogP contribution in [0.1, 0.15) is 76.6 Å². The third kappa shape index (κ3) is 11.8. The monoisotopic (exact) mass is 1270 g/mol.